The molecule has 8 rings (SSSR count). The Bertz CT molecular complexity index is 3100. The van der Waals surface area contributed by atoms with Gasteiger partial charge in [0.25, 0.3) is 11.8 Å². The molecule has 3 aliphatic rings. The summed E-state index contributed by atoms with van der Waals surface area (Å²) in [5, 5.41) is 6.92. The molecule has 418 valence electrons. The molecule has 2 aliphatic carbocycles. The van der Waals surface area contributed by atoms with Crippen molar-refractivity contribution >= 4 is 75.8 Å². The summed E-state index contributed by atoms with van der Waals surface area (Å²) in [7, 11) is 0. The van der Waals surface area contributed by atoms with Crippen LogP contribution in [0, 0.1) is 57.2 Å². The number of aliphatic imine (C=N–C) groups is 2. The van der Waals surface area contributed by atoms with Gasteiger partial charge in [0.05, 0.1) is 0 Å². The number of aromatic amines is 1. The Morgan fingerprint density at radius 2 is 0.937 bits per heavy atom. The molecule has 13 heteroatoms. The number of ether oxygens (including phenoxy) is 2. The maximum atomic E-state index is 15.7. The number of benzene rings is 4. The van der Waals surface area contributed by atoms with Gasteiger partial charge in [0.1, 0.15) is 35.0 Å². The highest BCUT2D eigenvalue weighted by molar-refractivity contribution is 6.45. The number of aromatic nitrogens is 1. The summed E-state index contributed by atoms with van der Waals surface area (Å²) >= 11 is 13.1. The van der Waals surface area contributed by atoms with Crippen molar-refractivity contribution in [1.29, 1.82) is 0 Å². The quantitative estimate of drug-likeness (QED) is 0.118. The molecule has 4 aromatic carbocycles. The number of carbonyl (C=O) groups is 4. The second kappa shape index (κ2) is 23.0. The molecular formula is C66H79Cl2N5O6. The average molecular weight is 1110 g/mol. The van der Waals surface area contributed by atoms with E-state index in [-0.39, 0.29) is 90.9 Å². The molecule has 4 unspecified atom stereocenters. The number of halogens is 2. The van der Waals surface area contributed by atoms with Gasteiger partial charge in [0, 0.05) is 56.0 Å². The molecule has 0 spiro atoms. The first-order valence-electron chi connectivity index (χ1n) is 27.8. The van der Waals surface area contributed by atoms with Gasteiger partial charge in [-0.3, -0.25) is 9.59 Å². The predicted molar refractivity (Wildman–Crippen MR) is 320 cm³/mol. The van der Waals surface area contributed by atoms with E-state index in [0.29, 0.717) is 44.1 Å². The lowest BCUT2D eigenvalue weighted by atomic mass is 9.59. The standard InChI is InChI=1S/C66H79Cl2N5O6/c1-37-33-45(63(3,4)5)53(46(34-37)64(6,7)8)78-61(76)51-49(39-25-29-43(67)30-26-39)55(70-57(51)72-59(74)41-21-17-15-18-22-41)69-56-50(40-27-31-44(68)32-28-40)52(58(71-56)73-60(75)42-23-19-16-20-24-42)62(77)79-54-47(65(9,10)11)35-38(2)36-48(54)66(12,13)14/h15-32,37-38,45-48,53-54,70H,33-36H2,1-14H3,(H,72,74)(H,69,71,73,75). The Balaban J connectivity index is 1.39. The fourth-order valence-electron chi connectivity index (χ4n) is 12.2. The maximum Gasteiger partial charge on any atom is 0.343 e. The van der Waals surface area contributed by atoms with Crippen molar-refractivity contribution in [2.75, 3.05) is 5.32 Å². The normalized spacial score (nSPS) is 23.5. The van der Waals surface area contributed by atoms with Crippen LogP contribution in [0.25, 0.3) is 16.7 Å². The van der Waals surface area contributed by atoms with Crippen molar-refractivity contribution in [1.82, 2.24) is 10.3 Å². The second-order valence-corrected chi connectivity index (χ2v) is 27.6. The number of nitrogens with one attached hydrogen (secondary N) is 3. The molecule has 2 amide bonds. The van der Waals surface area contributed by atoms with E-state index in [4.69, 9.17) is 42.7 Å². The number of hydrogen-bond acceptors (Lipinski definition) is 7. The summed E-state index contributed by atoms with van der Waals surface area (Å²) in [5.74, 6) is -1.48. The Kier molecular flexibility index (Phi) is 17.2. The predicted octanol–water partition coefficient (Wildman–Crippen LogP) is 16.5. The van der Waals surface area contributed by atoms with Gasteiger partial charge in [0.15, 0.2) is 11.7 Å². The van der Waals surface area contributed by atoms with E-state index in [9.17, 15) is 9.59 Å². The zero-order valence-corrected chi connectivity index (χ0v) is 50.0. The maximum absolute atomic E-state index is 15.7. The van der Waals surface area contributed by atoms with Crippen LogP contribution in [0.4, 0.5) is 11.6 Å². The van der Waals surface area contributed by atoms with Gasteiger partial charge in [-0.1, -0.05) is 181 Å². The molecule has 2 heterocycles. The van der Waals surface area contributed by atoms with Crippen molar-refractivity contribution in [2.24, 2.45) is 67.2 Å². The van der Waals surface area contributed by atoms with Gasteiger partial charge >= 0.3 is 11.9 Å². The number of esters is 2. The number of anilines is 1. The molecule has 79 heavy (non-hydrogen) atoms. The molecule has 0 radical (unpaired) electrons. The van der Waals surface area contributed by atoms with Gasteiger partial charge in [-0.05, 0) is 119 Å². The molecule has 1 aromatic heterocycles. The monoisotopic (exact) mass is 1110 g/mol. The van der Waals surface area contributed by atoms with Gasteiger partial charge in [-0.25, -0.2) is 19.6 Å². The van der Waals surface area contributed by atoms with Crippen molar-refractivity contribution in [2.45, 2.75) is 135 Å². The molecule has 5 aromatic rings. The number of hydrogen-bond donors (Lipinski definition) is 3. The number of carbonyl (C=O) groups excluding carboxylic acids is 4. The third kappa shape index (κ3) is 13.3. The lowest BCUT2D eigenvalue weighted by Crippen LogP contribution is -2.50. The van der Waals surface area contributed by atoms with E-state index in [1.54, 1.807) is 97.1 Å². The summed E-state index contributed by atoms with van der Waals surface area (Å²) in [6, 6.07) is 31.3. The number of amides is 2. The minimum atomic E-state index is -0.682. The molecule has 2 saturated carbocycles. The summed E-state index contributed by atoms with van der Waals surface area (Å²) in [6.07, 6.45) is 2.45. The molecule has 1 aliphatic heterocycles. The molecule has 11 nitrogen and oxygen atoms in total. The fraction of sp³-hybridized carbons (Fsp3) is 0.455. The summed E-state index contributed by atoms with van der Waals surface area (Å²) < 4.78 is 13.9. The largest absolute Gasteiger partial charge is 0.458 e. The number of H-pyrrole nitrogens is 1. The first-order valence-corrected chi connectivity index (χ1v) is 28.6. The van der Waals surface area contributed by atoms with Crippen LogP contribution in [0.3, 0.4) is 0 Å². The van der Waals surface area contributed by atoms with Crippen molar-refractivity contribution < 1.29 is 28.7 Å². The van der Waals surface area contributed by atoms with Crippen LogP contribution in [0.1, 0.15) is 159 Å². The SMILES string of the molecule is CC1CC(C(C)(C)C)C(OC(=O)C2=C(c3ccc(Cl)cc3)C(=Nc3[nH]c(NC(=O)c4ccccc4)c(C(=O)OC4C(C(C)(C)C)CC(C)CC4C(C)(C)C)c3-c3ccc(Cl)cc3)N=C2NC(=O)c2ccccc2)C(C(C)(C)C)C1. The minimum Gasteiger partial charge on any atom is -0.458 e. The van der Waals surface area contributed by atoms with Gasteiger partial charge in [-0.15, -0.1) is 0 Å². The van der Waals surface area contributed by atoms with E-state index < -0.39 is 36.0 Å². The first kappa shape index (κ1) is 58.8. The van der Waals surface area contributed by atoms with Crippen LogP contribution in [-0.4, -0.2) is 52.6 Å². The number of nitrogens with zero attached hydrogens (tertiary/aromatic N) is 2. The van der Waals surface area contributed by atoms with Crippen LogP contribution in [0.2, 0.25) is 10.0 Å². The Hall–Kier alpha value is -6.30. The van der Waals surface area contributed by atoms with Crippen LogP contribution in [-0.2, 0) is 14.3 Å². The zero-order valence-electron chi connectivity index (χ0n) is 48.4. The molecular weight excluding hydrogens is 1030 g/mol. The molecule has 0 saturated heterocycles. The van der Waals surface area contributed by atoms with E-state index in [2.05, 4.69) is 113 Å². The Morgan fingerprint density at radius 1 is 0.544 bits per heavy atom. The highest BCUT2D eigenvalue weighted by Crippen LogP contribution is 2.52. The minimum absolute atomic E-state index is 0.00128. The number of amidine groups is 2. The molecule has 4 atom stereocenters. The highest BCUT2D eigenvalue weighted by Gasteiger charge is 2.51. The van der Waals surface area contributed by atoms with E-state index in [1.165, 1.54) is 0 Å². The van der Waals surface area contributed by atoms with Crippen LogP contribution in [0.15, 0.2) is 125 Å². The fourth-order valence-corrected chi connectivity index (χ4v) is 12.5. The summed E-state index contributed by atoms with van der Waals surface area (Å²) in [6.45, 7) is 30.9. The Morgan fingerprint density at radius 3 is 1.35 bits per heavy atom. The molecule has 3 N–H and O–H groups in total. The summed E-state index contributed by atoms with van der Waals surface area (Å²) in [4.78, 5) is 73.9. The van der Waals surface area contributed by atoms with Crippen LogP contribution < -0.4 is 10.6 Å². The van der Waals surface area contributed by atoms with Crippen LogP contribution in [0.5, 0.6) is 0 Å². The smallest absolute Gasteiger partial charge is 0.343 e. The van der Waals surface area contributed by atoms with Gasteiger partial charge in [0.2, 0.25) is 0 Å². The second-order valence-electron chi connectivity index (χ2n) is 26.7. The lowest BCUT2D eigenvalue weighted by Gasteiger charge is -2.50. The average Bonchev–Trinajstić information content (AvgIpc) is 4.00. The van der Waals surface area contributed by atoms with Crippen molar-refractivity contribution in [3.8, 4) is 11.1 Å². The summed E-state index contributed by atoms with van der Waals surface area (Å²) in [5.41, 5.74) is 1.37. The van der Waals surface area contributed by atoms with Gasteiger partial charge in [-0.2, -0.15) is 0 Å². The third-order valence-corrected chi connectivity index (χ3v) is 17.0. The van der Waals surface area contributed by atoms with E-state index in [0.717, 1.165) is 25.7 Å². The first-order chi connectivity index (χ1) is 37.0. The third-order valence-electron chi connectivity index (χ3n) is 16.5. The van der Waals surface area contributed by atoms with Gasteiger partial charge < -0.3 is 25.1 Å². The highest BCUT2D eigenvalue weighted by atomic mass is 35.5. The Labute approximate surface area is 477 Å². The van der Waals surface area contributed by atoms with E-state index in [1.807, 2.05) is 12.1 Å². The lowest BCUT2D eigenvalue weighted by molar-refractivity contribution is -0.164. The molecule has 2 fully saturated rings. The van der Waals surface area contributed by atoms with Crippen molar-refractivity contribution in [3.63, 3.8) is 0 Å². The van der Waals surface area contributed by atoms with E-state index >= 15 is 9.59 Å². The zero-order chi connectivity index (χ0) is 57.5. The van der Waals surface area contributed by atoms with Crippen LogP contribution >= 0.6 is 23.2 Å². The van der Waals surface area contributed by atoms with Crippen molar-refractivity contribution in [3.05, 3.63) is 147 Å². The molecule has 0 bridgehead atoms. The number of rotatable bonds is 10. The topological polar surface area (TPSA) is 151 Å².